The second-order valence-electron chi connectivity index (χ2n) is 10.4. The van der Waals surface area contributed by atoms with E-state index in [0.29, 0.717) is 48.7 Å². The van der Waals surface area contributed by atoms with Gasteiger partial charge in [-0.25, -0.2) is 0 Å². The van der Waals surface area contributed by atoms with E-state index < -0.39 is 30.9 Å². The van der Waals surface area contributed by atoms with Crippen LogP contribution in [0.4, 0.5) is 0 Å². The van der Waals surface area contributed by atoms with Crippen molar-refractivity contribution in [1.82, 2.24) is 10.6 Å². The van der Waals surface area contributed by atoms with Crippen molar-refractivity contribution in [2.24, 2.45) is 11.8 Å². The molecule has 2 aromatic rings. The summed E-state index contributed by atoms with van der Waals surface area (Å²) in [4.78, 5) is 26.9. The SMILES string of the molecule is COc1c2c(c3c(c1OC)OCO3)CC(C(=O)N[C@@H](Cc1ccccc1)C(=O)N[C@@H](CC(C)C)B(O)O)CC2. The van der Waals surface area contributed by atoms with Crippen LogP contribution in [0.5, 0.6) is 23.0 Å². The first kappa shape index (κ1) is 28.6. The summed E-state index contributed by atoms with van der Waals surface area (Å²) >= 11 is 0. The number of fused-ring (bicyclic) bond motifs is 3. The quantitative estimate of drug-likeness (QED) is 0.317. The minimum absolute atomic E-state index is 0.0513. The third-order valence-corrected chi connectivity index (χ3v) is 7.24. The van der Waals surface area contributed by atoms with Crippen molar-refractivity contribution in [3.05, 3.63) is 47.0 Å². The number of ether oxygens (including phenoxy) is 4. The zero-order valence-electron chi connectivity index (χ0n) is 22.9. The molecular formula is C28H37BN2O8. The largest absolute Gasteiger partial charge is 0.492 e. The zero-order valence-corrected chi connectivity index (χ0v) is 22.9. The average Bonchev–Trinajstić information content (AvgIpc) is 3.41. The van der Waals surface area contributed by atoms with Crippen LogP contribution < -0.4 is 29.6 Å². The molecule has 1 heterocycles. The molecule has 2 aliphatic rings. The lowest BCUT2D eigenvalue weighted by Crippen LogP contribution is -2.55. The lowest BCUT2D eigenvalue weighted by molar-refractivity contribution is -0.131. The maximum absolute atomic E-state index is 13.6. The Kier molecular flexibility index (Phi) is 9.24. The van der Waals surface area contributed by atoms with Crippen molar-refractivity contribution in [3.8, 4) is 23.0 Å². The molecule has 0 spiro atoms. The Morgan fingerprint density at radius 1 is 1.03 bits per heavy atom. The normalized spacial score (nSPS) is 17.2. The summed E-state index contributed by atoms with van der Waals surface area (Å²) in [6.07, 6.45) is 2.13. The first-order valence-electron chi connectivity index (χ1n) is 13.3. The lowest BCUT2D eigenvalue weighted by atomic mass is 9.75. The third kappa shape index (κ3) is 6.42. The fraction of sp³-hybridized carbons (Fsp3) is 0.500. The van der Waals surface area contributed by atoms with Gasteiger partial charge in [0.2, 0.25) is 30.1 Å². The summed E-state index contributed by atoms with van der Waals surface area (Å²) in [7, 11) is 1.41. The van der Waals surface area contributed by atoms with Gasteiger partial charge in [0.1, 0.15) is 6.04 Å². The summed E-state index contributed by atoms with van der Waals surface area (Å²) < 4.78 is 22.6. The highest BCUT2D eigenvalue weighted by Crippen LogP contribution is 2.54. The van der Waals surface area contributed by atoms with Gasteiger partial charge in [0.15, 0.2) is 11.5 Å². The van der Waals surface area contributed by atoms with Crippen LogP contribution in [0.1, 0.15) is 43.4 Å². The second kappa shape index (κ2) is 12.6. The van der Waals surface area contributed by atoms with Crippen LogP contribution in [0.15, 0.2) is 30.3 Å². The van der Waals surface area contributed by atoms with Gasteiger partial charge in [-0.2, -0.15) is 0 Å². The Morgan fingerprint density at radius 2 is 1.72 bits per heavy atom. The van der Waals surface area contributed by atoms with Crippen molar-refractivity contribution in [2.45, 2.75) is 57.9 Å². The molecule has 4 rings (SSSR count). The van der Waals surface area contributed by atoms with E-state index in [1.807, 2.05) is 44.2 Å². The highest BCUT2D eigenvalue weighted by Gasteiger charge is 2.37. The van der Waals surface area contributed by atoms with Gasteiger partial charge in [0, 0.05) is 23.5 Å². The van der Waals surface area contributed by atoms with Crippen molar-refractivity contribution < 1.29 is 38.6 Å². The molecule has 0 saturated carbocycles. The molecule has 1 unspecified atom stereocenters. The number of amides is 2. The Labute approximate surface area is 229 Å². The molecule has 11 heteroatoms. The Hall–Kier alpha value is -3.44. The Balaban J connectivity index is 1.55. The van der Waals surface area contributed by atoms with Gasteiger partial charge < -0.3 is 39.6 Å². The minimum Gasteiger partial charge on any atom is -0.492 e. The fourth-order valence-electron chi connectivity index (χ4n) is 5.35. The van der Waals surface area contributed by atoms with Crippen LogP contribution in [0, 0.1) is 11.8 Å². The topological polar surface area (TPSA) is 136 Å². The first-order chi connectivity index (χ1) is 18.7. The van der Waals surface area contributed by atoms with Crippen LogP contribution in [0.2, 0.25) is 0 Å². The van der Waals surface area contributed by atoms with Gasteiger partial charge in [0.05, 0.1) is 20.2 Å². The van der Waals surface area contributed by atoms with E-state index in [1.54, 1.807) is 14.2 Å². The molecule has 0 radical (unpaired) electrons. The van der Waals surface area contributed by atoms with Crippen molar-refractivity contribution >= 4 is 18.9 Å². The maximum Gasteiger partial charge on any atom is 0.475 e. The van der Waals surface area contributed by atoms with Gasteiger partial charge in [-0.15, -0.1) is 0 Å². The van der Waals surface area contributed by atoms with Gasteiger partial charge in [-0.1, -0.05) is 44.2 Å². The lowest BCUT2D eigenvalue weighted by Gasteiger charge is -2.29. The number of hydrogen-bond donors (Lipinski definition) is 4. The Morgan fingerprint density at radius 3 is 2.36 bits per heavy atom. The number of hydrogen-bond acceptors (Lipinski definition) is 8. The average molecular weight is 540 g/mol. The number of rotatable bonds is 11. The van der Waals surface area contributed by atoms with E-state index in [-0.39, 0.29) is 25.0 Å². The van der Waals surface area contributed by atoms with Gasteiger partial charge in [0.25, 0.3) is 0 Å². The number of methoxy groups -OCH3 is 2. The van der Waals surface area contributed by atoms with Crippen molar-refractivity contribution in [1.29, 1.82) is 0 Å². The molecule has 2 amide bonds. The van der Waals surface area contributed by atoms with Crippen molar-refractivity contribution in [3.63, 3.8) is 0 Å². The van der Waals surface area contributed by atoms with E-state index in [1.165, 1.54) is 0 Å². The van der Waals surface area contributed by atoms with Gasteiger partial charge in [-0.05, 0) is 37.2 Å². The number of benzene rings is 2. The highest BCUT2D eigenvalue weighted by molar-refractivity contribution is 6.43. The van der Waals surface area contributed by atoms with Gasteiger partial charge >= 0.3 is 7.12 Å². The molecule has 1 aliphatic carbocycles. The number of carbonyl (C=O) groups excluding carboxylic acids is 2. The zero-order chi connectivity index (χ0) is 28.1. The summed E-state index contributed by atoms with van der Waals surface area (Å²) in [5.41, 5.74) is 2.64. The van der Waals surface area contributed by atoms with Crippen LogP contribution in [0.3, 0.4) is 0 Å². The minimum atomic E-state index is -1.71. The van der Waals surface area contributed by atoms with Crippen LogP contribution >= 0.6 is 0 Å². The smallest absolute Gasteiger partial charge is 0.475 e. The molecule has 10 nitrogen and oxygen atoms in total. The second-order valence-corrected chi connectivity index (χ2v) is 10.4. The molecule has 0 bridgehead atoms. The number of nitrogens with one attached hydrogen (secondary N) is 2. The third-order valence-electron chi connectivity index (χ3n) is 7.24. The van der Waals surface area contributed by atoms with Gasteiger partial charge in [-0.3, -0.25) is 9.59 Å². The molecule has 3 atom stereocenters. The van der Waals surface area contributed by atoms with E-state index in [2.05, 4.69) is 10.6 Å². The van der Waals surface area contributed by atoms with E-state index in [9.17, 15) is 19.6 Å². The molecule has 0 fully saturated rings. The monoisotopic (exact) mass is 540 g/mol. The highest BCUT2D eigenvalue weighted by atomic mass is 16.7. The Bertz CT molecular complexity index is 1170. The molecule has 0 saturated heterocycles. The van der Waals surface area contributed by atoms with E-state index in [4.69, 9.17) is 18.9 Å². The molecular weight excluding hydrogens is 503 g/mol. The van der Waals surface area contributed by atoms with E-state index in [0.717, 1.165) is 16.7 Å². The summed E-state index contributed by atoms with van der Waals surface area (Å²) in [6, 6.07) is 8.49. The maximum atomic E-state index is 13.6. The summed E-state index contributed by atoms with van der Waals surface area (Å²) in [5, 5.41) is 25.3. The predicted octanol–water partition coefficient (Wildman–Crippen LogP) is 1.81. The fourth-order valence-corrected chi connectivity index (χ4v) is 5.35. The van der Waals surface area contributed by atoms with Crippen molar-refractivity contribution in [2.75, 3.05) is 21.0 Å². The molecule has 2 aromatic carbocycles. The molecule has 0 aromatic heterocycles. The number of carbonyl (C=O) groups is 2. The van der Waals surface area contributed by atoms with Crippen LogP contribution in [0.25, 0.3) is 0 Å². The summed E-state index contributed by atoms with van der Waals surface area (Å²) in [5.74, 6) is 0.229. The first-order valence-corrected chi connectivity index (χ1v) is 13.3. The van der Waals surface area contributed by atoms with E-state index >= 15 is 0 Å². The molecule has 4 N–H and O–H groups in total. The molecule has 39 heavy (non-hydrogen) atoms. The molecule has 1 aliphatic heterocycles. The van der Waals surface area contributed by atoms with Crippen LogP contribution in [-0.2, 0) is 28.9 Å². The molecule has 210 valence electrons. The summed E-state index contributed by atoms with van der Waals surface area (Å²) in [6.45, 7) is 3.92. The predicted molar refractivity (Wildman–Crippen MR) is 145 cm³/mol. The van der Waals surface area contributed by atoms with Crippen LogP contribution in [-0.4, -0.2) is 62.0 Å². The standard InChI is InChI=1S/C28H37BN2O8/c1-16(2)12-22(29(34)35)31-28(33)21(13-17-8-6-5-7-9-17)30-27(32)18-10-11-19-20(14-18)24-26(39-15-38-24)25(37-4)23(19)36-3/h5-9,16,18,21-22,34-35H,10-15H2,1-4H3,(H,30,32)(H,31,33)/t18?,21-,22-/m0/s1.